The molecule has 0 atom stereocenters. The lowest BCUT2D eigenvalue weighted by molar-refractivity contribution is 0.415. The first-order valence-electron chi connectivity index (χ1n) is 6.62. The molecule has 0 radical (unpaired) electrons. The van der Waals surface area contributed by atoms with Crippen LogP contribution >= 0.6 is 0 Å². The third-order valence-electron chi connectivity index (χ3n) is 3.07. The quantitative estimate of drug-likeness (QED) is 0.727. The molecule has 0 fully saturated rings. The van der Waals surface area contributed by atoms with Gasteiger partial charge in [0.25, 0.3) is 5.56 Å². The molecule has 2 rings (SSSR count). The molecule has 7 nitrogen and oxygen atoms in total. The van der Waals surface area contributed by atoms with Crippen LogP contribution in [0, 0.1) is 0 Å². The molecular weight excluding hydrogens is 270 g/mol. The number of hydrogen-bond donors (Lipinski definition) is 3. The van der Waals surface area contributed by atoms with E-state index < -0.39 is 0 Å². The summed E-state index contributed by atoms with van der Waals surface area (Å²) in [6, 6.07) is 7.48. The van der Waals surface area contributed by atoms with Crippen LogP contribution in [0.5, 0.6) is 5.75 Å². The molecule has 0 aliphatic rings. The highest BCUT2D eigenvalue weighted by atomic mass is 16.5. The number of aromatic nitrogens is 2. The van der Waals surface area contributed by atoms with E-state index in [1.807, 2.05) is 29.2 Å². The molecule has 7 heteroatoms. The van der Waals surface area contributed by atoms with Crippen LogP contribution in [-0.2, 0) is 0 Å². The van der Waals surface area contributed by atoms with Gasteiger partial charge >= 0.3 is 0 Å². The van der Waals surface area contributed by atoms with Crippen molar-refractivity contribution in [2.45, 2.75) is 6.42 Å². The summed E-state index contributed by atoms with van der Waals surface area (Å²) in [6.07, 6.45) is 2.08. The Morgan fingerprint density at radius 2 is 2.24 bits per heavy atom. The highest BCUT2D eigenvalue weighted by Gasteiger charge is 2.15. The second-order valence-electron chi connectivity index (χ2n) is 4.46. The molecule has 0 spiro atoms. The highest BCUT2D eigenvalue weighted by Crippen LogP contribution is 2.28. The van der Waals surface area contributed by atoms with Crippen LogP contribution in [0.15, 0.2) is 35.4 Å². The minimum atomic E-state index is -0.361. The maximum Gasteiger partial charge on any atom is 0.276 e. The van der Waals surface area contributed by atoms with E-state index in [2.05, 4.69) is 9.97 Å². The van der Waals surface area contributed by atoms with E-state index in [9.17, 15) is 4.79 Å². The lowest BCUT2D eigenvalue weighted by atomic mass is 10.2. The molecule has 2 aromatic rings. The second kappa shape index (κ2) is 6.76. The molecular formula is C14H19N5O2. The number of nitrogens with one attached hydrogen (secondary N) is 1. The first-order chi connectivity index (χ1) is 10.2. The fraction of sp³-hybridized carbons (Fsp3) is 0.286. The largest absolute Gasteiger partial charge is 0.497 e. The third-order valence-corrected chi connectivity index (χ3v) is 3.07. The predicted octanol–water partition coefficient (Wildman–Crippen LogP) is 0.848. The van der Waals surface area contributed by atoms with Crippen LogP contribution in [0.1, 0.15) is 6.42 Å². The fourth-order valence-corrected chi connectivity index (χ4v) is 2.00. The summed E-state index contributed by atoms with van der Waals surface area (Å²) in [4.78, 5) is 20.2. The molecule has 0 saturated heterocycles. The van der Waals surface area contributed by atoms with Gasteiger partial charge in [0.2, 0.25) is 0 Å². The number of methoxy groups -OCH3 is 1. The normalized spacial score (nSPS) is 10.4. The minimum absolute atomic E-state index is 0.0809. The van der Waals surface area contributed by atoms with Gasteiger partial charge in [-0.2, -0.15) is 0 Å². The number of rotatable bonds is 6. The number of anilines is 3. The molecule has 0 amide bonds. The average molecular weight is 289 g/mol. The molecule has 0 unspecified atom stereocenters. The number of ether oxygens (including phenoxy) is 1. The maximum absolute atomic E-state index is 11.7. The minimum Gasteiger partial charge on any atom is -0.497 e. The Morgan fingerprint density at radius 1 is 1.43 bits per heavy atom. The van der Waals surface area contributed by atoms with Crippen LogP contribution in [0.2, 0.25) is 0 Å². The lowest BCUT2D eigenvalue weighted by Gasteiger charge is -2.24. The zero-order chi connectivity index (χ0) is 15.2. The van der Waals surface area contributed by atoms with E-state index in [1.54, 1.807) is 7.11 Å². The Labute approximate surface area is 122 Å². The van der Waals surface area contributed by atoms with Gasteiger partial charge in [-0.15, -0.1) is 0 Å². The molecule has 1 aromatic heterocycles. The van der Waals surface area contributed by atoms with Crippen molar-refractivity contribution in [3.63, 3.8) is 0 Å². The number of benzene rings is 1. The Kier molecular flexibility index (Phi) is 4.78. The van der Waals surface area contributed by atoms with Gasteiger partial charge in [-0.3, -0.25) is 4.79 Å². The number of H-pyrrole nitrogens is 1. The molecule has 112 valence electrons. The third kappa shape index (κ3) is 3.32. The van der Waals surface area contributed by atoms with Crippen molar-refractivity contribution in [3.8, 4) is 5.75 Å². The van der Waals surface area contributed by atoms with Crippen LogP contribution in [0.25, 0.3) is 0 Å². The fourth-order valence-electron chi connectivity index (χ4n) is 2.00. The van der Waals surface area contributed by atoms with Crippen molar-refractivity contribution in [3.05, 3.63) is 40.9 Å². The van der Waals surface area contributed by atoms with E-state index >= 15 is 0 Å². The van der Waals surface area contributed by atoms with Gasteiger partial charge in [0, 0.05) is 18.3 Å². The van der Waals surface area contributed by atoms with E-state index in [4.69, 9.17) is 16.2 Å². The van der Waals surface area contributed by atoms with Crippen LogP contribution in [-0.4, -0.2) is 30.2 Å². The smallest absolute Gasteiger partial charge is 0.276 e. The molecule has 21 heavy (non-hydrogen) atoms. The Hall–Kier alpha value is -2.54. The molecule has 1 heterocycles. The number of nitrogen functional groups attached to an aromatic ring is 1. The zero-order valence-corrected chi connectivity index (χ0v) is 11.9. The summed E-state index contributed by atoms with van der Waals surface area (Å²) in [5, 5.41) is 0. The van der Waals surface area contributed by atoms with Crippen molar-refractivity contribution in [2.75, 3.05) is 30.8 Å². The first-order valence-corrected chi connectivity index (χ1v) is 6.62. The Balaban J connectivity index is 2.46. The Morgan fingerprint density at radius 3 is 2.95 bits per heavy atom. The van der Waals surface area contributed by atoms with Gasteiger partial charge in [-0.05, 0) is 25.1 Å². The zero-order valence-electron chi connectivity index (χ0n) is 11.9. The van der Waals surface area contributed by atoms with Crippen molar-refractivity contribution in [2.24, 2.45) is 5.73 Å². The SMILES string of the molecule is COc1cccc(N(CCCN)c2nc[nH]c(=O)c2N)c1. The first kappa shape index (κ1) is 14.9. The van der Waals surface area contributed by atoms with Crippen LogP contribution in [0.3, 0.4) is 0 Å². The van der Waals surface area contributed by atoms with E-state index in [0.29, 0.717) is 24.7 Å². The summed E-state index contributed by atoms with van der Waals surface area (Å²) in [7, 11) is 1.60. The summed E-state index contributed by atoms with van der Waals surface area (Å²) < 4.78 is 5.23. The molecule has 0 bridgehead atoms. The number of aromatic amines is 1. The van der Waals surface area contributed by atoms with E-state index in [0.717, 1.165) is 12.1 Å². The molecule has 5 N–H and O–H groups in total. The van der Waals surface area contributed by atoms with Gasteiger partial charge < -0.3 is 26.1 Å². The van der Waals surface area contributed by atoms with Gasteiger partial charge in [0.05, 0.1) is 13.4 Å². The lowest BCUT2D eigenvalue weighted by Crippen LogP contribution is -2.26. The molecule has 1 aromatic carbocycles. The average Bonchev–Trinajstić information content (AvgIpc) is 2.52. The van der Waals surface area contributed by atoms with Crippen molar-refractivity contribution in [1.29, 1.82) is 0 Å². The topological polar surface area (TPSA) is 110 Å². The van der Waals surface area contributed by atoms with Gasteiger partial charge in [0.1, 0.15) is 11.4 Å². The number of nitrogens with two attached hydrogens (primary N) is 2. The predicted molar refractivity (Wildman–Crippen MR) is 82.9 cm³/mol. The second-order valence-corrected chi connectivity index (χ2v) is 4.46. The van der Waals surface area contributed by atoms with Crippen LogP contribution in [0.4, 0.5) is 17.2 Å². The van der Waals surface area contributed by atoms with E-state index in [1.165, 1.54) is 6.33 Å². The van der Waals surface area contributed by atoms with Crippen LogP contribution < -0.4 is 26.7 Å². The van der Waals surface area contributed by atoms with E-state index in [-0.39, 0.29) is 11.2 Å². The highest BCUT2D eigenvalue weighted by molar-refractivity contribution is 5.70. The van der Waals surface area contributed by atoms with Gasteiger partial charge in [-0.25, -0.2) is 4.98 Å². The maximum atomic E-state index is 11.7. The van der Waals surface area contributed by atoms with Gasteiger partial charge in [0.15, 0.2) is 5.82 Å². The standard InChI is InChI=1S/C14H19N5O2/c1-21-11-5-2-4-10(8-11)19(7-3-6-15)13-12(16)14(20)18-9-17-13/h2,4-5,8-9H,3,6-7,15-16H2,1H3,(H,17,18,20). The number of hydrogen-bond acceptors (Lipinski definition) is 6. The monoisotopic (exact) mass is 289 g/mol. The summed E-state index contributed by atoms with van der Waals surface area (Å²) in [5.74, 6) is 1.13. The van der Waals surface area contributed by atoms with Gasteiger partial charge in [-0.1, -0.05) is 6.07 Å². The molecule has 0 aliphatic carbocycles. The van der Waals surface area contributed by atoms with Crippen molar-refractivity contribution in [1.82, 2.24) is 9.97 Å². The molecule has 0 aliphatic heterocycles. The van der Waals surface area contributed by atoms with Crippen molar-refractivity contribution < 1.29 is 4.74 Å². The molecule has 0 saturated carbocycles. The Bertz CT molecular complexity index is 656. The summed E-state index contributed by atoms with van der Waals surface area (Å²) >= 11 is 0. The summed E-state index contributed by atoms with van der Waals surface area (Å²) in [6.45, 7) is 1.13. The summed E-state index contributed by atoms with van der Waals surface area (Å²) in [5.41, 5.74) is 12.0. The number of nitrogens with zero attached hydrogens (tertiary/aromatic N) is 2. The van der Waals surface area contributed by atoms with Crippen molar-refractivity contribution >= 4 is 17.2 Å².